The largest absolute Gasteiger partial charge is 0.395 e. The zero-order valence-electron chi connectivity index (χ0n) is 11.7. The van der Waals surface area contributed by atoms with Crippen LogP contribution in [-0.2, 0) is 5.41 Å². The van der Waals surface area contributed by atoms with E-state index in [0.717, 1.165) is 11.0 Å². The average Bonchev–Trinajstić information content (AvgIpc) is 2.35. The lowest BCUT2D eigenvalue weighted by atomic mass is 9.87. The van der Waals surface area contributed by atoms with Crippen LogP contribution in [0.4, 0.5) is 14.5 Å². The van der Waals surface area contributed by atoms with Gasteiger partial charge >= 0.3 is 0 Å². The molecule has 4 heteroatoms. The molecule has 0 fully saturated rings. The Morgan fingerprint density at radius 3 is 2.15 bits per heavy atom. The fourth-order valence-electron chi connectivity index (χ4n) is 1.80. The molecule has 2 aromatic rings. The molecule has 2 N–H and O–H groups in total. The van der Waals surface area contributed by atoms with Crippen molar-refractivity contribution < 1.29 is 8.78 Å². The Morgan fingerprint density at radius 2 is 1.60 bits per heavy atom. The maximum Gasteiger partial charge on any atom is 0.150 e. The van der Waals surface area contributed by atoms with Gasteiger partial charge in [0, 0.05) is 15.9 Å². The molecule has 0 amide bonds. The molecular weight excluding hydrogens is 276 g/mol. The molecule has 20 heavy (non-hydrogen) atoms. The second-order valence-corrected chi connectivity index (χ2v) is 6.79. The molecule has 2 aromatic carbocycles. The van der Waals surface area contributed by atoms with Crippen molar-refractivity contribution in [1.29, 1.82) is 0 Å². The van der Waals surface area contributed by atoms with E-state index < -0.39 is 11.6 Å². The normalized spacial score (nSPS) is 11.7. The monoisotopic (exact) mass is 293 g/mol. The predicted octanol–water partition coefficient (Wildman–Crippen LogP) is 5.00. The van der Waals surface area contributed by atoms with Gasteiger partial charge in [-0.05, 0) is 29.2 Å². The lowest BCUT2D eigenvalue weighted by molar-refractivity contribution is 0.581. The minimum absolute atomic E-state index is 0.0173. The van der Waals surface area contributed by atoms with Crippen molar-refractivity contribution in [2.75, 3.05) is 5.73 Å². The van der Waals surface area contributed by atoms with E-state index in [1.165, 1.54) is 23.4 Å². The topological polar surface area (TPSA) is 26.0 Å². The van der Waals surface area contributed by atoms with E-state index in [2.05, 4.69) is 20.8 Å². The van der Waals surface area contributed by atoms with E-state index in [9.17, 15) is 8.78 Å². The van der Waals surface area contributed by atoms with E-state index >= 15 is 0 Å². The molecule has 0 spiro atoms. The van der Waals surface area contributed by atoms with Crippen molar-refractivity contribution in [3.63, 3.8) is 0 Å². The molecule has 0 saturated heterocycles. The number of hydrogen-bond donors (Lipinski definition) is 1. The summed E-state index contributed by atoms with van der Waals surface area (Å²) in [6, 6.07) is 9.96. The van der Waals surface area contributed by atoms with Crippen molar-refractivity contribution in [3.05, 3.63) is 53.6 Å². The lowest BCUT2D eigenvalue weighted by Gasteiger charge is -2.19. The van der Waals surface area contributed by atoms with Gasteiger partial charge in [0.05, 0.1) is 5.69 Å². The van der Waals surface area contributed by atoms with Crippen molar-refractivity contribution in [1.82, 2.24) is 0 Å². The van der Waals surface area contributed by atoms with Gasteiger partial charge in [0.2, 0.25) is 0 Å². The van der Waals surface area contributed by atoms with Crippen LogP contribution in [0.3, 0.4) is 0 Å². The minimum Gasteiger partial charge on any atom is -0.395 e. The summed E-state index contributed by atoms with van der Waals surface area (Å²) in [6.07, 6.45) is 0. The number of hydrogen-bond acceptors (Lipinski definition) is 2. The van der Waals surface area contributed by atoms with Gasteiger partial charge in [-0.2, -0.15) is 0 Å². The van der Waals surface area contributed by atoms with E-state index in [0.29, 0.717) is 4.90 Å². The SMILES string of the molecule is CC(C)(C)c1ccc(Sc2cc(F)cc(F)c2N)cc1. The number of rotatable bonds is 2. The van der Waals surface area contributed by atoms with Gasteiger partial charge in [0.25, 0.3) is 0 Å². The molecule has 106 valence electrons. The van der Waals surface area contributed by atoms with Crippen LogP contribution in [0.1, 0.15) is 26.3 Å². The zero-order chi connectivity index (χ0) is 14.9. The highest BCUT2D eigenvalue weighted by Crippen LogP contribution is 2.35. The summed E-state index contributed by atoms with van der Waals surface area (Å²) in [5, 5.41) is 0. The Morgan fingerprint density at radius 1 is 1.00 bits per heavy atom. The summed E-state index contributed by atoms with van der Waals surface area (Å²) in [5.41, 5.74) is 6.90. The van der Waals surface area contributed by atoms with Crippen LogP contribution in [0.5, 0.6) is 0 Å². The number of benzene rings is 2. The van der Waals surface area contributed by atoms with Crippen molar-refractivity contribution >= 4 is 17.4 Å². The molecular formula is C16H17F2NS. The van der Waals surface area contributed by atoms with Crippen LogP contribution in [0, 0.1) is 11.6 Å². The van der Waals surface area contributed by atoms with Gasteiger partial charge in [-0.3, -0.25) is 0 Å². The first-order valence-electron chi connectivity index (χ1n) is 6.30. The molecule has 2 rings (SSSR count). The Balaban J connectivity index is 2.27. The fraction of sp³-hybridized carbons (Fsp3) is 0.250. The highest BCUT2D eigenvalue weighted by Gasteiger charge is 2.14. The number of nitrogens with two attached hydrogens (primary N) is 1. The molecule has 0 saturated carbocycles. The van der Waals surface area contributed by atoms with E-state index in [1.54, 1.807) is 0 Å². The molecule has 0 aromatic heterocycles. The van der Waals surface area contributed by atoms with Crippen molar-refractivity contribution in [2.45, 2.75) is 36.0 Å². The maximum absolute atomic E-state index is 13.4. The summed E-state index contributed by atoms with van der Waals surface area (Å²) in [4.78, 5) is 1.29. The maximum atomic E-state index is 13.4. The van der Waals surface area contributed by atoms with E-state index in [-0.39, 0.29) is 11.1 Å². The molecule has 0 aliphatic carbocycles. The quantitative estimate of drug-likeness (QED) is 0.789. The van der Waals surface area contributed by atoms with Crippen LogP contribution >= 0.6 is 11.8 Å². The molecule has 0 unspecified atom stereocenters. The second-order valence-electron chi connectivity index (χ2n) is 5.68. The Hall–Kier alpha value is -1.55. The van der Waals surface area contributed by atoms with Crippen LogP contribution in [0.2, 0.25) is 0 Å². The second kappa shape index (κ2) is 5.44. The highest BCUT2D eigenvalue weighted by molar-refractivity contribution is 7.99. The molecule has 0 atom stereocenters. The van der Waals surface area contributed by atoms with Gasteiger partial charge in [0.15, 0.2) is 0 Å². The molecule has 0 aliphatic heterocycles. The number of nitrogen functional groups attached to an aromatic ring is 1. The Labute approximate surface area is 122 Å². The lowest BCUT2D eigenvalue weighted by Crippen LogP contribution is -2.10. The van der Waals surface area contributed by atoms with Crippen LogP contribution in [0.15, 0.2) is 46.2 Å². The summed E-state index contributed by atoms with van der Waals surface area (Å²) in [7, 11) is 0. The standard InChI is InChI=1S/C16H17F2NS/c1-16(2,3)10-4-6-12(7-5-10)20-14-9-11(17)8-13(18)15(14)19/h4-9H,19H2,1-3H3. The van der Waals surface area contributed by atoms with Gasteiger partial charge in [-0.1, -0.05) is 44.7 Å². The van der Waals surface area contributed by atoms with Crippen LogP contribution < -0.4 is 5.73 Å². The van der Waals surface area contributed by atoms with Crippen LogP contribution in [0.25, 0.3) is 0 Å². The third kappa shape index (κ3) is 3.31. The highest BCUT2D eigenvalue weighted by atomic mass is 32.2. The van der Waals surface area contributed by atoms with Gasteiger partial charge in [0.1, 0.15) is 11.6 Å². The summed E-state index contributed by atoms with van der Waals surface area (Å²) in [5.74, 6) is -1.34. The summed E-state index contributed by atoms with van der Waals surface area (Å²) in [6.45, 7) is 6.40. The van der Waals surface area contributed by atoms with E-state index in [4.69, 9.17) is 5.73 Å². The van der Waals surface area contributed by atoms with Gasteiger partial charge < -0.3 is 5.73 Å². The first-order valence-corrected chi connectivity index (χ1v) is 7.12. The molecule has 0 aliphatic rings. The summed E-state index contributed by atoms with van der Waals surface area (Å²) < 4.78 is 26.6. The van der Waals surface area contributed by atoms with Crippen LogP contribution in [-0.4, -0.2) is 0 Å². The summed E-state index contributed by atoms with van der Waals surface area (Å²) >= 11 is 1.26. The first kappa shape index (κ1) is 14.9. The van der Waals surface area contributed by atoms with Gasteiger partial charge in [-0.25, -0.2) is 8.78 Å². The smallest absolute Gasteiger partial charge is 0.150 e. The molecule has 0 heterocycles. The average molecular weight is 293 g/mol. The van der Waals surface area contributed by atoms with Gasteiger partial charge in [-0.15, -0.1) is 0 Å². The number of halogens is 2. The van der Waals surface area contributed by atoms with Crippen molar-refractivity contribution in [3.8, 4) is 0 Å². The molecule has 0 bridgehead atoms. The van der Waals surface area contributed by atoms with E-state index in [1.807, 2.05) is 24.3 Å². The van der Waals surface area contributed by atoms with Crippen molar-refractivity contribution in [2.24, 2.45) is 0 Å². The zero-order valence-corrected chi connectivity index (χ0v) is 12.5. The minimum atomic E-state index is -0.723. The molecule has 0 radical (unpaired) electrons. The fourth-order valence-corrected chi connectivity index (χ4v) is 2.70. The number of anilines is 1. The predicted molar refractivity (Wildman–Crippen MR) is 80.0 cm³/mol. The third-order valence-corrected chi connectivity index (χ3v) is 4.07. The third-order valence-electron chi connectivity index (χ3n) is 3.00. The first-order chi connectivity index (χ1) is 9.27. The Bertz CT molecular complexity index is 616. The Kier molecular flexibility index (Phi) is 4.04. The molecule has 1 nitrogen and oxygen atoms in total.